The molecule has 6 aromatic heterocycles. The van der Waals surface area contributed by atoms with E-state index < -0.39 is 135 Å². The molecule has 0 bridgehead atoms. The second-order valence-corrected chi connectivity index (χ2v) is 23.8. The molecule has 77 heavy (non-hydrogen) atoms. The van der Waals surface area contributed by atoms with Crippen molar-refractivity contribution in [2.45, 2.75) is 67.1 Å². The van der Waals surface area contributed by atoms with Crippen LogP contribution in [-0.4, -0.2) is 177 Å². The van der Waals surface area contributed by atoms with Crippen molar-refractivity contribution < 1.29 is 104 Å². The number of nitrogens with one attached hydrogen (secondary N) is 3. The van der Waals surface area contributed by atoms with Crippen molar-refractivity contribution in [1.82, 2.24) is 58.9 Å². The van der Waals surface area contributed by atoms with Crippen LogP contribution in [0.4, 0.5) is 17.7 Å². The third-order valence-corrected chi connectivity index (χ3v) is 18.5. The van der Waals surface area contributed by atoms with Gasteiger partial charge in [-0.25, -0.2) is 38.2 Å². The van der Waals surface area contributed by atoms with Crippen molar-refractivity contribution in [3.63, 3.8) is 0 Å². The molecule has 43 heteroatoms. The number of rotatable bonds is 21. The van der Waals surface area contributed by atoms with Crippen molar-refractivity contribution >= 4 is 88.7 Å². The first kappa shape index (κ1) is 56.1. The van der Waals surface area contributed by atoms with E-state index in [1.165, 1.54) is 27.1 Å². The van der Waals surface area contributed by atoms with Gasteiger partial charge in [-0.2, -0.15) is 13.6 Å². The number of carbonyl (C=O) groups excluding carboxylic acids is 1. The van der Waals surface area contributed by atoms with Crippen LogP contribution >= 0.6 is 31.1 Å². The molecule has 3 saturated heterocycles. The highest BCUT2D eigenvalue weighted by atomic mass is 31.3. The number of nitrogens with zero attached hydrogens (tertiary/aromatic N) is 10. The Morgan fingerprint density at radius 1 is 0.753 bits per heavy atom. The average molecular weight is 1170 g/mol. The van der Waals surface area contributed by atoms with Gasteiger partial charge in [-0.3, -0.25) is 51.7 Å². The molecule has 3 aliphatic rings. The second-order valence-electron chi connectivity index (χ2n) is 17.2. The Bertz CT molecular complexity index is 3540. The van der Waals surface area contributed by atoms with Gasteiger partial charge in [0.15, 0.2) is 41.4 Å². The van der Waals surface area contributed by atoms with Gasteiger partial charge in [-0.1, -0.05) is 4.98 Å². The van der Waals surface area contributed by atoms with E-state index >= 15 is 0 Å². The Labute approximate surface area is 427 Å². The summed E-state index contributed by atoms with van der Waals surface area (Å²) < 4.78 is 106. The fourth-order valence-electron chi connectivity index (χ4n) is 9.01. The van der Waals surface area contributed by atoms with E-state index in [1.807, 2.05) is 0 Å². The van der Waals surface area contributed by atoms with Crippen molar-refractivity contribution in [2.75, 3.05) is 50.7 Å². The number of methoxy groups -OCH3 is 1. The SMILES string of the molecule is CO[C@@H]1[C@H](P(=O)(O)OC[C@H]2O[C@@H](n3cnc4c(=O)[nH]c(N)nc43)[C@H](O)[C@@H]2O)[C@@H](COP(=O)(O)OP(=O)(O)OP(=O)(O)OC[C@H]2O[C@@H]([n+]3cn(C)c4c(=O)[nH]c(N)nc43)[C@H](O)[C@@H]2CNC=O)O[C@H]1n1cnc2c(N)ncnc21. The number of aromatic amines is 2. The zero-order valence-corrected chi connectivity index (χ0v) is 42.9. The third kappa shape index (κ3) is 11.1. The molecule has 16 atom stereocenters. The number of aliphatic hydroxyl groups is 3. The number of H-pyrrole nitrogens is 2. The van der Waals surface area contributed by atoms with Gasteiger partial charge in [-0.15, -0.1) is 0 Å². The number of nitrogens with two attached hydrogens (primary N) is 3. The van der Waals surface area contributed by atoms with Crippen LogP contribution in [0.25, 0.3) is 33.5 Å². The molecule has 420 valence electrons. The lowest BCUT2D eigenvalue weighted by molar-refractivity contribution is -0.745. The molecular formula is C34H47N16O23P4+. The average Bonchev–Trinajstić information content (AvgIpc) is 4.26. The standard InChI is InChI=1S/C34H46N16O23P4/c1-47-11-50(27-18(47)29(56)46-34(37)44-27)30-19(52)12(3-38-10-51)13(69-30)4-67-75(59,60)72-77(63,64)73-76(61,62)68-6-15-23(22(65-2)32(71-15)48-8-41-16-24(35)39-7-40-25(16)48)74(57,58)66-5-14-20(53)21(54)31(70-14)49-9-42-17-26(49)43-33(36)45-28(17)55/h7-15,19-23,30-32,52-54H,3-6H2,1-2H3,(H12-,35,36,37,38,39,40,43,44,45,46,51,55,56,57,58,59,60,61,62,63,64)/p+1/t12-,13-,14-,15-,19-,20-,21-,22-,23-,30-,31-,32-/m1/s1. The smallest absolute Gasteiger partial charge is 0.387 e. The Balaban J connectivity index is 0.890. The van der Waals surface area contributed by atoms with Crippen LogP contribution in [0.5, 0.6) is 0 Å². The van der Waals surface area contributed by atoms with Crippen LogP contribution in [0.15, 0.2) is 34.9 Å². The molecule has 9 rings (SSSR count). The van der Waals surface area contributed by atoms with Crippen LogP contribution in [0.3, 0.4) is 0 Å². The summed E-state index contributed by atoms with van der Waals surface area (Å²) in [6.07, 6.45) is -11.4. The lowest BCUT2D eigenvalue weighted by Gasteiger charge is -2.28. The molecule has 9 heterocycles. The number of aliphatic hydroxyl groups excluding tert-OH is 3. The number of carbonyl (C=O) groups is 1. The number of hydrogen-bond acceptors (Lipinski definition) is 28. The van der Waals surface area contributed by atoms with Crippen LogP contribution in [0.2, 0.25) is 0 Å². The molecule has 3 fully saturated rings. The van der Waals surface area contributed by atoms with Gasteiger partial charge in [-0.05, 0) is 0 Å². The molecule has 39 nitrogen and oxygen atoms in total. The Morgan fingerprint density at radius 2 is 1.36 bits per heavy atom. The van der Waals surface area contributed by atoms with Crippen molar-refractivity contribution in [1.29, 1.82) is 0 Å². The van der Waals surface area contributed by atoms with E-state index in [-0.39, 0.29) is 64.2 Å². The number of aromatic nitrogens is 12. The van der Waals surface area contributed by atoms with E-state index in [9.17, 15) is 67.5 Å². The van der Waals surface area contributed by atoms with Gasteiger partial charge in [0.05, 0.1) is 45.6 Å². The third-order valence-electron chi connectivity index (χ3n) is 12.3. The van der Waals surface area contributed by atoms with Crippen molar-refractivity contribution in [2.24, 2.45) is 13.0 Å². The number of nitrogen functional groups attached to an aromatic ring is 3. The summed E-state index contributed by atoms with van der Waals surface area (Å²) in [7, 11) is -20.9. The number of phosphoric ester groups is 2. The highest BCUT2D eigenvalue weighted by molar-refractivity contribution is 7.66. The number of hydrogen-bond donors (Lipinski definition) is 13. The summed E-state index contributed by atoms with van der Waals surface area (Å²) in [5, 5.41) is 35.6. The molecule has 6 aromatic rings. The van der Waals surface area contributed by atoms with Crippen LogP contribution < -0.4 is 38.2 Å². The van der Waals surface area contributed by atoms with E-state index in [0.29, 0.717) is 0 Å². The summed E-state index contributed by atoms with van der Waals surface area (Å²) in [6.45, 7) is -3.66. The number of phosphoric acid groups is 3. The largest absolute Gasteiger partial charge is 0.490 e. The number of aryl methyl sites for hydroxylation is 1. The molecule has 3 aliphatic heterocycles. The Morgan fingerprint density at radius 3 is 2.04 bits per heavy atom. The zero-order chi connectivity index (χ0) is 55.7. The maximum atomic E-state index is 14.4. The first-order chi connectivity index (χ1) is 36.2. The first-order valence-electron chi connectivity index (χ1n) is 22.0. The second kappa shape index (κ2) is 21.2. The van der Waals surface area contributed by atoms with Gasteiger partial charge in [0.1, 0.15) is 54.1 Å². The van der Waals surface area contributed by atoms with Gasteiger partial charge in [0.2, 0.25) is 24.1 Å². The van der Waals surface area contributed by atoms with Crippen molar-refractivity contribution in [3.05, 3.63) is 46.0 Å². The summed E-state index contributed by atoms with van der Waals surface area (Å²) in [4.78, 5) is 108. The lowest BCUT2D eigenvalue weighted by Crippen LogP contribution is -2.46. The lowest BCUT2D eigenvalue weighted by atomic mass is 9.98. The first-order valence-corrected chi connectivity index (χ1v) is 28.2. The van der Waals surface area contributed by atoms with E-state index in [2.05, 4.69) is 53.8 Å². The molecule has 16 N–H and O–H groups in total. The number of fused-ring (bicyclic) bond motifs is 3. The fourth-order valence-corrected chi connectivity index (χ4v) is 14.3. The van der Waals surface area contributed by atoms with Gasteiger partial charge >= 0.3 is 36.7 Å². The number of anilines is 3. The van der Waals surface area contributed by atoms with E-state index in [1.54, 1.807) is 0 Å². The summed E-state index contributed by atoms with van der Waals surface area (Å²) in [5.41, 5.74) is 13.6. The number of amides is 1. The maximum absolute atomic E-state index is 14.4. The molecule has 1 amide bonds. The highest BCUT2D eigenvalue weighted by Crippen LogP contribution is 2.68. The predicted octanol–water partition coefficient (Wildman–Crippen LogP) is -4.64. The van der Waals surface area contributed by atoms with Crippen molar-refractivity contribution in [3.8, 4) is 0 Å². The van der Waals surface area contributed by atoms with Crippen LogP contribution in [-0.2, 0) is 71.2 Å². The molecule has 0 radical (unpaired) electrons. The summed E-state index contributed by atoms with van der Waals surface area (Å²) in [6, 6.07) is 0. The van der Waals surface area contributed by atoms with Crippen LogP contribution in [0, 0.1) is 5.92 Å². The highest BCUT2D eigenvalue weighted by Gasteiger charge is 2.58. The molecular weight excluding hydrogens is 1120 g/mol. The van der Waals surface area contributed by atoms with E-state index in [0.717, 1.165) is 30.7 Å². The number of ether oxygens (including phenoxy) is 4. The van der Waals surface area contributed by atoms with Gasteiger partial charge in [0.25, 0.3) is 17.1 Å². The minimum atomic E-state index is -6.23. The molecule has 0 aromatic carbocycles. The predicted molar refractivity (Wildman–Crippen MR) is 249 cm³/mol. The molecule has 0 saturated carbocycles. The molecule has 0 spiro atoms. The van der Waals surface area contributed by atoms with Gasteiger partial charge < -0.3 is 80.9 Å². The summed E-state index contributed by atoms with van der Waals surface area (Å²) >= 11 is 0. The minimum absolute atomic E-state index is 0.00237. The normalized spacial score (nSPS) is 29.9. The fraction of sp³-hybridized carbons (Fsp3) is 0.529. The summed E-state index contributed by atoms with van der Waals surface area (Å²) in [5.74, 6) is -1.87. The maximum Gasteiger partial charge on any atom is 0.490 e. The Kier molecular flexibility index (Phi) is 15.5. The van der Waals surface area contributed by atoms with Gasteiger partial charge in [0, 0.05) is 19.6 Å². The topological polar surface area (TPSA) is 562 Å². The van der Waals surface area contributed by atoms with E-state index in [4.69, 9.17) is 49.7 Å². The number of imidazole rings is 3. The molecule has 0 aliphatic carbocycles. The Hall–Kier alpha value is -5.60. The van der Waals surface area contributed by atoms with Crippen LogP contribution in [0.1, 0.15) is 18.7 Å². The quantitative estimate of drug-likeness (QED) is 0.0183. The monoisotopic (exact) mass is 1170 g/mol. The zero-order valence-electron chi connectivity index (χ0n) is 39.3. The minimum Gasteiger partial charge on any atom is -0.387 e. The molecule has 4 unspecified atom stereocenters.